The van der Waals surface area contributed by atoms with Crippen molar-refractivity contribution in [3.8, 4) is 0 Å². The molecule has 2 amide bonds. The van der Waals surface area contributed by atoms with E-state index < -0.39 is 23.1 Å². The summed E-state index contributed by atoms with van der Waals surface area (Å²) in [6.07, 6.45) is 0. The summed E-state index contributed by atoms with van der Waals surface area (Å²) < 4.78 is 27.0. The Hall–Kier alpha value is -2.02. The number of benzene rings is 1. The third-order valence-corrected chi connectivity index (χ3v) is 2.36. The molecule has 5 nitrogen and oxygen atoms in total. The maximum absolute atomic E-state index is 13.6. The number of nitrogens with zero attached hydrogens (tertiary/aromatic N) is 1. The van der Waals surface area contributed by atoms with Crippen LogP contribution in [0, 0.1) is 11.6 Å². The molecule has 0 radical (unpaired) electrons. The standard InChI is InChI=1S/C12H15F2N3O2/c1-17(2)6-9(18)16-5-7-3-4-8(12(15)19)11(14)10(7)13/h3-4H,5-6H2,1-2H3,(H2,15,19)(H,16,18). The van der Waals surface area contributed by atoms with Crippen molar-refractivity contribution in [2.75, 3.05) is 20.6 Å². The van der Waals surface area contributed by atoms with Gasteiger partial charge in [0.1, 0.15) is 0 Å². The molecule has 104 valence electrons. The topological polar surface area (TPSA) is 75.4 Å². The summed E-state index contributed by atoms with van der Waals surface area (Å²) in [7, 11) is 3.42. The lowest BCUT2D eigenvalue weighted by molar-refractivity contribution is -0.121. The van der Waals surface area contributed by atoms with Crippen molar-refractivity contribution in [3.05, 3.63) is 34.9 Å². The van der Waals surface area contributed by atoms with E-state index in [9.17, 15) is 18.4 Å². The highest BCUT2D eigenvalue weighted by Crippen LogP contribution is 2.16. The molecule has 0 saturated carbocycles. The lowest BCUT2D eigenvalue weighted by atomic mass is 10.1. The first kappa shape index (κ1) is 15.0. The molecular weight excluding hydrogens is 256 g/mol. The number of amides is 2. The third-order valence-electron chi connectivity index (χ3n) is 2.36. The Morgan fingerprint density at radius 2 is 1.89 bits per heavy atom. The molecule has 1 aromatic rings. The maximum atomic E-state index is 13.6. The molecule has 0 aliphatic heterocycles. The second-order valence-electron chi connectivity index (χ2n) is 4.28. The van der Waals surface area contributed by atoms with Crippen molar-refractivity contribution in [3.63, 3.8) is 0 Å². The van der Waals surface area contributed by atoms with E-state index in [0.29, 0.717) is 0 Å². The van der Waals surface area contributed by atoms with Gasteiger partial charge in [-0.15, -0.1) is 0 Å². The fourth-order valence-electron chi connectivity index (χ4n) is 1.45. The van der Waals surface area contributed by atoms with Crippen LogP contribution in [-0.2, 0) is 11.3 Å². The normalized spacial score (nSPS) is 10.6. The zero-order valence-corrected chi connectivity index (χ0v) is 10.7. The van der Waals surface area contributed by atoms with Gasteiger partial charge in [-0.3, -0.25) is 9.59 Å². The third kappa shape index (κ3) is 3.99. The molecule has 0 bridgehead atoms. The molecule has 1 aromatic carbocycles. The summed E-state index contributed by atoms with van der Waals surface area (Å²) in [6, 6.07) is 2.31. The molecule has 0 aliphatic rings. The maximum Gasteiger partial charge on any atom is 0.251 e. The highest BCUT2D eigenvalue weighted by atomic mass is 19.2. The number of hydrogen-bond acceptors (Lipinski definition) is 3. The number of carbonyl (C=O) groups is 2. The fraction of sp³-hybridized carbons (Fsp3) is 0.333. The van der Waals surface area contributed by atoms with E-state index in [4.69, 9.17) is 5.73 Å². The number of nitrogens with one attached hydrogen (secondary N) is 1. The SMILES string of the molecule is CN(C)CC(=O)NCc1ccc(C(N)=O)c(F)c1F. The van der Waals surface area contributed by atoms with E-state index in [1.807, 2.05) is 0 Å². The average molecular weight is 271 g/mol. The molecule has 3 N–H and O–H groups in total. The minimum atomic E-state index is -1.30. The minimum absolute atomic E-state index is 0.0467. The van der Waals surface area contributed by atoms with Crippen LogP contribution in [-0.4, -0.2) is 37.4 Å². The van der Waals surface area contributed by atoms with Crippen molar-refractivity contribution in [1.29, 1.82) is 0 Å². The molecule has 1 rings (SSSR count). The van der Waals surface area contributed by atoms with Crippen LogP contribution in [0.15, 0.2) is 12.1 Å². The Labute approximate surface area is 109 Å². The van der Waals surface area contributed by atoms with Crippen LogP contribution in [0.25, 0.3) is 0 Å². The van der Waals surface area contributed by atoms with Crippen molar-refractivity contribution >= 4 is 11.8 Å². The van der Waals surface area contributed by atoms with Gasteiger partial charge in [0.15, 0.2) is 11.6 Å². The van der Waals surface area contributed by atoms with Crippen molar-refractivity contribution in [2.45, 2.75) is 6.54 Å². The lowest BCUT2D eigenvalue weighted by Crippen LogP contribution is -2.33. The smallest absolute Gasteiger partial charge is 0.251 e. The van der Waals surface area contributed by atoms with Crippen molar-refractivity contribution in [2.24, 2.45) is 5.73 Å². The second kappa shape index (κ2) is 6.24. The van der Waals surface area contributed by atoms with Gasteiger partial charge in [0.25, 0.3) is 5.91 Å². The number of primary amides is 1. The first-order valence-corrected chi connectivity index (χ1v) is 5.51. The molecule has 0 saturated heterocycles. The van der Waals surface area contributed by atoms with Gasteiger partial charge in [-0.25, -0.2) is 8.78 Å². The van der Waals surface area contributed by atoms with Gasteiger partial charge in [-0.2, -0.15) is 0 Å². The van der Waals surface area contributed by atoms with E-state index in [0.717, 1.165) is 6.07 Å². The first-order valence-electron chi connectivity index (χ1n) is 5.51. The molecule has 0 unspecified atom stereocenters. The largest absolute Gasteiger partial charge is 0.366 e. The van der Waals surface area contributed by atoms with Gasteiger partial charge in [0, 0.05) is 12.1 Å². The Balaban J connectivity index is 2.78. The molecule has 7 heteroatoms. The van der Waals surface area contributed by atoms with E-state index in [1.165, 1.54) is 6.07 Å². The highest BCUT2D eigenvalue weighted by molar-refractivity contribution is 5.93. The van der Waals surface area contributed by atoms with Crippen molar-refractivity contribution in [1.82, 2.24) is 10.2 Å². The first-order chi connectivity index (χ1) is 8.82. The van der Waals surface area contributed by atoms with E-state index in [1.54, 1.807) is 19.0 Å². The average Bonchev–Trinajstić information content (AvgIpc) is 2.29. The number of nitrogens with two attached hydrogens (primary N) is 1. The number of rotatable bonds is 5. The van der Waals surface area contributed by atoms with Crippen LogP contribution in [0.5, 0.6) is 0 Å². The van der Waals surface area contributed by atoms with Gasteiger partial charge >= 0.3 is 0 Å². The minimum Gasteiger partial charge on any atom is -0.366 e. The Kier molecular flexibility index (Phi) is 4.94. The van der Waals surface area contributed by atoms with Gasteiger partial charge in [0.2, 0.25) is 5.91 Å². The zero-order valence-electron chi connectivity index (χ0n) is 10.7. The van der Waals surface area contributed by atoms with Crippen LogP contribution in [0.3, 0.4) is 0 Å². The highest BCUT2D eigenvalue weighted by Gasteiger charge is 2.16. The van der Waals surface area contributed by atoms with Crippen LogP contribution in [0.2, 0.25) is 0 Å². The Bertz CT molecular complexity index is 504. The predicted octanol–water partition coefficient (Wildman–Crippen LogP) is 0.241. The van der Waals surface area contributed by atoms with Crippen LogP contribution in [0.4, 0.5) is 8.78 Å². The predicted molar refractivity (Wildman–Crippen MR) is 65.3 cm³/mol. The molecule has 0 fully saturated rings. The molecule has 0 aliphatic carbocycles. The van der Waals surface area contributed by atoms with Gasteiger partial charge in [-0.05, 0) is 20.2 Å². The summed E-state index contributed by atoms with van der Waals surface area (Å²) in [4.78, 5) is 23.8. The Morgan fingerprint density at radius 1 is 1.26 bits per heavy atom. The van der Waals surface area contributed by atoms with Crippen LogP contribution < -0.4 is 11.1 Å². The van der Waals surface area contributed by atoms with E-state index in [-0.39, 0.29) is 24.6 Å². The fourth-order valence-corrected chi connectivity index (χ4v) is 1.45. The van der Waals surface area contributed by atoms with E-state index in [2.05, 4.69) is 5.32 Å². The number of hydrogen-bond donors (Lipinski definition) is 2. The number of halogens is 2. The summed E-state index contributed by atoms with van der Waals surface area (Å²) in [6.45, 7) is -0.0159. The zero-order chi connectivity index (χ0) is 14.6. The van der Waals surface area contributed by atoms with Gasteiger partial charge in [0.05, 0.1) is 12.1 Å². The molecule has 19 heavy (non-hydrogen) atoms. The Morgan fingerprint density at radius 3 is 2.42 bits per heavy atom. The van der Waals surface area contributed by atoms with Crippen LogP contribution >= 0.6 is 0 Å². The summed E-state index contributed by atoms with van der Waals surface area (Å²) in [5, 5.41) is 2.44. The summed E-state index contributed by atoms with van der Waals surface area (Å²) in [5.74, 6) is -3.84. The van der Waals surface area contributed by atoms with Gasteiger partial charge in [-0.1, -0.05) is 6.07 Å². The summed E-state index contributed by atoms with van der Waals surface area (Å²) >= 11 is 0. The molecule has 0 heterocycles. The van der Waals surface area contributed by atoms with Gasteiger partial charge < -0.3 is 16.0 Å². The van der Waals surface area contributed by atoms with Crippen molar-refractivity contribution < 1.29 is 18.4 Å². The summed E-state index contributed by atoms with van der Waals surface area (Å²) in [5.41, 5.74) is 4.33. The van der Waals surface area contributed by atoms with E-state index >= 15 is 0 Å². The molecule has 0 spiro atoms. The quantitative estimate of drug-likeness (QED) is 0.805. The molecular formula is C12H15F2N3O2. The van der Waals surface area contributed by atoms with Crippen LogP contribution in [0.1, 0.15) is 15.9 Å². The molecule has 0 aromatic heterocycles. The lowest BCUT2D eigenvalue weighted by Gasteiger charge is -2.11. The monoisotopic (exact) mass is 271 g/mol. The molecule has 0 atom stereocenters. The number of carbonyl (C=O) groups excluding carboxylic acids is 2. The number of likely N-dealkylation sites (N-methyl/N-ethyl adjacent to an activating group) is 1. The second-order valence-corrected chi connectivity index (χ2v) is 4.28.